The van der Waals surface area contributed by atoms with Crippen LogP contribution in [0.1, 0.15) is 6.92 Å². The van der Waals surface area contributed by atoms with Gasteiger partial charge in [0.2, 0.25) is 0 Å². The fraction of sp³-hybridized carbons (Fsp3) is 0.250. The summed E-state index contributed by atoms with van der Waals surface area (Å²) >= 11 is 0. The Bertz CT molecular complexity index is 262. The summed E-state index contributed by atoms with van der Waals surface area (Å²) in [6, 6.07) is 0. The summed E-state index contributed by atoms with van der Waals surface area (Å²) in [5, 5.41) is 0. The van der Waals surface area contributed by atoms with Crippen LogP contribution in [0.15, 0.2) is 16.7 Å². The molecule has 9 heavy (non-hydrogen) atoms. The minimum absolute atomic E-state index is 0.525. The fourth-order valence-electron chi connectivity index (χ4n) is 0.539. The molecule has 4 nitrogen and oxygen atoms in total. The van der Waals surface area contributed by atoms with Crippen molar-refractivity contribution in [3.63, 3.8) is 0 Å². The molecule has 5 heteroatoms. The van der Waals surface area contributed by atoms with E-state index < -0.39 is 10.2 Å². The predicted molar refractivity (Wildman–Crippen MR) is 33.1 cm³/mol. The second kappa shape index (κ2) is 1.93. The van der Waals surface area contributed by atoms with Crippen LogP contribution >= 0.6 is 0 Å². The lowest BCUT2D eigenvalue weighted by molar-refractivity contribution is -0.416. The number of hydrogen-bond donors (Lipinski definition) is 1. The van der Waals surface area contributed by atoms with Gasteiger partial charge in [0.25, 0.3) is 0 Å². The Balaban J connectivity index is 3.06. The van der Waals surface area contributed by atoms with E-state index in [9.17, 15) is 8.42 Å². The summed E-state index contributed by atoms with van der Waals surface area (Å²) in [6.45, 7) is 1.64. The van der Waals surface area contributed by atoms with Gasteiger partial charge in [-0.25, -0.2) is 0 Å². The zero-order valence-corrected chi connectivity index (χ0v) is 5.72. The summed E-state index contributed by atoms with van der Waals surface area (Å²) in [7, 11) is -3.26. The molecule has 0 amide bonds. The second-order valence-corrected chi connectivity index (χ2v) is 3.23. The van der Waals surface area contributed by atoms with Crippen LogP contribution in [0.4, 0.5) is 0 Å². The van der Waals surface area contributed by atoms with Crippen molar-refractivity contribution < 1.29 is 13.1 Å². The Hall–Kier alpha value is -0.680. The zero-order chi connectivity index (χ0) is 6.91. The lowest BCUT2D eigenvalue weighted by Crippen LogP contribution is -2.81. The maximum Gasteiger partial charge on any atom is 0.416 e. The highest BCUT2D eigenvalue weighted by molar-refractivity contribution is 7.83. The van der Waals surface area contributed by atoms with Gasteiger partial charge >= 0.3 is 10.2 Å². The molecule has 0 aromatic rings. The van der Waals surface area contributed by atoms with Gasteiger partial charge in [0.15, 0.2) is 0 Å². The third-order valence-corrected chi connectivity index (χ3v) is 1.90. The van der Waals surface area contributed by atoms with E-state index in [1.807, 2.05) is 0 Å². The topological polar surface area (TPSA) is 63.1 Å². The summed E-state index contributed by atoms with van der Waals surface area (Å²) < 4.78 is 25.6. The molecule has 0 saturated heterocycles. The second-order valence-electron chi connectivity index (χ2n) is 1.74. The monoisotopic (exact) mass is 147 g/mol. The maximum absolute atomic E-state index is 10.6. The van der Waals surface area contributed by atoms with Crippen LogP contribution in [0, 0.1) is 0 Å². The van der Waals surface area contributed by atoms with Crippen molar-refractivity contribution in [3.8, 4) is 0 Å². The van der Waals surface area contributed by atoms with Crippen LogP contribution in [0.2, 0.25) is 0 Å². The highest BCUT2D eigenvalue weighted by Crippen LogP contribution is 1.87. The van der Waals surface area contributed by atoms with Gasteiger partial charge in [-0.15, -0.1) is 12.8 Å². The van der Waals surface area contributed by atoms with Gasteiger partial charge in [-0.2, -0.15) is 4.72 Å². The van der Waals surface area contributed by atoms with Crippen LogP contribution in [-0.2, 0) is 10.2 Å². The normalized spacial score (nSPS) is 23.4. The molecule has 0 bridgehead atoms. The Morgan fingerprint density at radius 3 is 2.67 bits per heavy atom. The van der Waals surface area contributed by atoms with Crippen LogP contribution in [0.25, 0.3) is 0 Å². The molecule has 0 unspecified atom stereocenters. The number of quaternary nitrogens is 1. The Kier molecular flexibility index (Phi) is 1.38. The quantitative estimate of drug-likeness (QED) is 0.467. The molecule has 0 saturated carbocycles. The molecular weight excluding hydrogens is 140 g/mol. The van der Waals surface area contributed by atoms with Gasteiger partial charge in [0.05, 0.1) is 5.71 Å². The first-order valence-electron chi connectivity index (χ1n) is 2.43. The highest BCUT2D eigenvalue weighted by Gasteiger charge is 2.12. The molecule has 1 aliphatic heterocycles. The first-order valence-corrected chi connectivity index (χ1v) is 3.93. The summed E-state index contributed by atoms with van der Waals surface area (Å²) in [6.07, 6.45) is 3.11. The molecule has 0 aromatic heterocycles. The summed E-state index contributed by atoms with van der Waals surface area (Å²) in [4.78, 5) is 0. The van der Waals surface area contributed by atoms with Gasteiger partial charge in [-0.3, -0.25) is 0 Å². The van der Waals surface area contributed by atoms with Crippen molar-refractivity contribution in [2.24, 2.45) is 4.40 Å². The summed E-state index contributed by atoms with van der Waals surface area (Å²) in [5.74, 6) is 0. The first-order chi connectivity index (χ1) is 4.10. The van der Waals surface area contributed by atoms with E-state index in [0.29, 0.717) is 5.71 Å². The molecule has 1 aliphatic rings. The van der Waals surface area contributed by atoms with E-state index in [4.69, 9.17) is 0 Å². The molecule has 50 valence electrons. The molecule has 1 heterocycles. The van der Waals surface area contributed by atoms with Crippen LogP contribution < -0.4 is 4.72 Å². The van der Waals surface area contributed by atoms with Crippen molar-refractivity contribution >= 4 is 15.9 Å². The Labute approximate surface area is 53.5 Å². The number of nitrogens with zero attached hydrogens (tertiary/aromatic N) is 1. The van der Waals surface area contributed by atoms with Crippen molar-refractivity contribution in [1.29, 1.82) is 0 Å². The third kappa shape index (κ3) is 1.62. The maximum atomic E-state index is 10.6. The molecule has 0 atom stereocenters. The minimum atomic E-state index is -3.26. The molecule has 0 fully saturated rings. The Morgan fingerprint density at radius 2 is 2.33 bits per heavy atom. The van der Waals surface area contributed by atoms with Crippen molar-refractivity contribution in [2.75, 3.05) is 0 Å². The van der Waals surface area contributed by atoms with Gasteiger partial charge < -0.3 is 0 Å². The molecule has 2 N–H and O–H groups in total. The van der Waals surface area contributed by atoms with Gasteiger partial charge in [-0.05, 0) is 6.92 Å². The largest absolute Gasteiger partial charge is 0.416 e. The molecule has 0 aromatic carbocycles. The summed E-state index contributed by atoms with van der Waals surface area (Å²) in [5.41, 5.74) is 0.525. The highest BCUT2D eigenvalue weighted by atomic mass is 32.2. The van der Waals surface area contributed by atoms with Gasteiger partial charge in [0, 0.05) is 6.08 Å². The van der Waals surface area contributed by atoms with E-state index in [1.165, 1.54) is 6.20 Å². The third-order valence-electron chi connectivity index (χ3n) is 0.859. The van der Waals surface area contributed by atoms with Crippen molar-refractivity contribution in [1.82, 2.24) is 0 Å². The Morgan fingerprint density at radius 1 is 1.67 bits per heavy atom. The smallest absolute Gasteiger partial charge is 0.194 e. The van der Waals surface area contributed by atoms with Crippen LogP contribution in [0.3, 0.4) is 0 Å². The standard InChI is InChI=1S/C4H6N2O2S/c1-4-2-3-5-9(7,8)6-4/h2-3,5H,1H3/p+1. The van der Waals surface area contributed by atoms with E-state index in [2.05, 4.69) is 4.40 Å². The minimum Gasteiger partial charge on any atom is -0.194 e. The lowest BCUT2D eigenvalue weighted by Gasteiger charge is -1.96. The van der Waals surface area contributed by atoms with Crippen molar-refractivity contribution in [3.05, 3.63) is 12.3 Å². The number of nitrogens with two attached hydrogens (primary N) is 1. The van der Waals surface area contributed by atoms with Gasteiger partial charge in [-0.1, -0.05) is 0 Å². The fourth-order valence-corrected chi connectivity index (χ4v) is 1.34. The van der Waals surface area contributed by atoms with E-state index >= 15 is 0 Å². The zero-order valence-electron chi connectivity index (χ0n) is 4.90. The molecular formula is C4H7N2O2S+. The number of rotatable bonds is 0. The van der Waals surface area contributed by atoms with Gasteiger partial charge in [0.1, 0.15) is 6.20 Å². The lowest BCUT2D eigenvalue weighted by atomic mass is 10.4. The molecule has 1 rings (SSSR count). The predicted octanol–water partition coefficient (Wildman–Crippen LogP) is -1.22. The average molecular weight is 147 g/mol. The number of hydrogen-bond acceptors (Lipinski definition) is 2. The average Bonchev–Trinajstić information content (AvgIpc) is 1.60. The first kappa shape index (κ1) is 6.44. The molecule has 0 aliphatic carbocycles. The molecule has 0 spiro atoms. The number of allylic oxidation sites excluding steroid dienone is 1. The van der Waals surface area contributed by atoms with E-state index in [1.54, 1.807) is 13.0 Å². The van der Waals surface area contributed by atoms with Crippen LogP contribution in [-0.4, -0.2) is 14.1 Å². The SMILES string of the molecule is CC1=NS(=O)(=O)[NH2+]C=C1. The van der Waals surface area contributed by atoms with E-state index in [0.717, 1.165) is 4.72 Å². The van der Waals surface area contributed by atoms with E-state index in [-0.39, 0.29) is 0 Å². The van der Waals surface area contributed by atoms with Crippen LogP contribution in [0.5, 0.6) is 0 Å². The van der Waals surface area contributed by atoms with Crippen molar-refractivity contribution in [2.45, 2.75) is 6.92 Å². The molecule has 0 radical (unpaired) electrons.